The zero-order valence-electron chi connectivity index (χ0n) is 45.2. The molecule has 15 nitrogen and oxygen atoms in total. The molecule has 5 fully saturated rings. The Morgan fingerprint density at radius 3 is 2.44 bits per heavy atom. The molecule has 414 valence electrons. The van der Waals surface area contributed by atoms with Crippen LogP contribution in [0.3, 0.4) is 0 Å². The van der Waals surface area contributed by atoms with E-state index in [0.717, 1.165) is 115 Å². The van der Waals surface area contributed by atoms with Gasteiger partial charge in [-0.25, -0.2) is 4.57 Å². The van der Waals surface area contributed by atoms with Crippen molar-refractivity contribution in [2.75, 3.05) is 53.6 Å². The zero-order chi connectivity index (χ0) is 53.6. The molecule has 2 aromatic carbocycles. The summed E-state index contributed by atoms with van der Waals surface area (Å²) < 4.78 is 43.1. The van der Waals surface area contributed by atoms with E-state index in [1.54, 1.807) is 31.2 Å². The minimum Gasteiger partial charge on any atom is -0.457 e. The van der Waals surface area contributed by atoms with Crippen LogP contribution in [0.4, 0.5) is 0 Å². The maximum Gasteiger partial charge on any atom is 0.524 e. The van der Waals surface area contributed by atoms with Crippen LogP contribution in [0.5, 0.6) is 5.75 Å². The van der Waals surface area contributed by atoms with Crippen LogP contribution in [-0.4, -0.2) is 120 Å². The van der Waals surface area contributed by atoms with Gasteiger partial charge in [0, 0.05) is 48.0 Å². The van der Waals surface area contributed by atoms with E-state index in [1.807, 2.05) is 26.2 Å². The van der Waals surface area contributed by atoms with E-state index in [4.69, 9.17) is 23.5 Å². The Balaban J connectivity index is 0.846. The lowest BCUT2D eigenvalue weighted by Crippen LogP contribution is -2.63. The lowest BCUT2D eigenvalue weighted by atomic mass is 9.46. The predicted molar refractivity (Wildman–Crippen MR) is 284 cm³/mol. The van der Waals surface area contributed by atoms with E-state index in [0.29, 0.717) is 24.0 Å². The Bertz CT molecular complexity index is 2400. The number of ketones is 2. The van der Waals surface area contributed by atoms with E-state index in [-0.39, 0.29) is 65.1 Å². The molecule has 0 radical (unpaired) electrons. The van der Waals surface area contributed by atoms with E-state index in [1.165, 1.54) is 11.6 Å². The molecule has 0 spiro atoms. The molecule has 75 heavy (non-hydrogen) atoms. The van der Waals surface area contributed by atoms with Gasteiger partial charge in [0.05, 0.1) is 39.0 Å². The number of carbonyl (C=O) groups is 3. The topological polar surface area (TPSA) is 207 Å². The van der Waals surface area contributed by atoms with Gasteiger partial charge in [-0.1, -0.05) is 94.0 Å². The number of hydrogen-bond donors (Lipinski definition) is 5. The smallest absolute Gasteiger partial charge is 0.457 e. The standard InChI is InChI=1S/C59H85N2O13P/c1-40(37-61(4,5)38-44-32-43(23-26-51(44)74-75(67,68)69)50(64)36-60-29-15-6-7-16-30-70-31-17-14-20-41-18-10-8-11-19-41)55(66)71-39-52(65)59-53(72-56(73-59)42-21-12-9-13-22-42)34-48-47-25-24-45-33-46(62)27-28-57(45,2)54(47)49(63)35-58(48,59)3/h8,10-11,18-19,23,26-28,32-33,40,42,47-50,53-54,56,60,63-64H,6-7,9,12-17,20-22,24-25,29-31,34-39H2,1-5H3,(H-,67,68,69)/p+1/t40-,47+,48+,49+,50?,53-,54-,56-,57+,58+,59-/m1/s1. The highest BCUT2D eigenvalue weighted by molar-refractivity contribution is 7.46. The molecule has 1 saturated heterocycles. The van der Waals surface area contributed by atoms with Crippen LogP contribution in [0.25, 0.3) is 0 Å². The van der Waals surface area contributed by atoms with E-state index in [9.17, 15) is 34.2 Å². The number of benzene rings is 2. The molecule has 0 amide bonds. The Kier molecular flexibility index (Phi) is 18.9. The van der Waals surface area contributed by atoms with Gasteiger partial charge in [-0.2, -0.15) is 0 Å². The minimum atomic E-state index is -4.94. The van der Waals surface area contributed by atoms with Gasteiger partial charge in [-0.15, -0.1) is 0 Å². The molecule has 4 saturated carbocycles. The third-order valence-corrected chi connectivity index (χ3v) is 18.5. The summed E-state index contributed by atoms with van der Waals surface area (Å²) in [4.78, 5) is 61.2. The third-order valence-electron chi connectivity index (χ3n) is 18.1. The highest BCUT2D eigenvalue weighted by atomic mass is 31.2. The zero-order valence-corrected chi connectivity index (χ0v) is 46.1. The molecule has 5 aliphatic carbocycles. The van der Waals surface area contributed by atoms with Crippen LogP contribution in [0.2, 0.25) is 0 Å². The van der Waals surface area contributed by atoms with Crippen LogP contribution in [0, 0.1) is 40.4 Å². The SMILES string of the molecule is C[C@H](C[N+](C)(C)Cc1cc(C(O)CNCCCCCCOCCCCc2ccccc2)ccc1OP(=O)(O)O)C(=O)OCC(=O)[C@@]12O[C@H](C3CCCCC3)O[C@@H]1C[C@H]1[C@@H]3CCC4=CC(=O)C=C[C@]4(C)[C@H]3[C@@H](O)C[C@@]12C. The van der Waals surface area contributed by atoms with Crippen LogP contribution in [0.15, 0.2) is 72.3 Å². The van der Waals surface area contributed by atoms with Crippen molar-refractivity contribution in [1.29, 1.82) is 0 Å². The maximum absolute atomic E-state index is 15.1. The van der Waals surface area contributed by atoms with Crippen molar-refractivity contribution in [3.05, 3.63) is 89.0 Å². The van der Waals surface area contributed by atoms with Gasteiger partial charge >= 0.3 is 13.8 Å². The van der Waals surface area contributed by atoms with Crippen molar-refractivity contribution in [1.82, 2.24) is 5.32 Å². The number of hydrogen-bond acceptors (Lipinski definition) is 12. The van der Waals surface area contributed by atoms with Crippen molar-refractivity contribution in [3.8, 4) is 5.75 Å². The number of aliphatic hydroxyl groups excluding tert-OH is 2. The summed E-state index contributed by atoms with van der Waals surface area (Å²) >= 11 is 0. The van der Waals surface area contributed by atoms with E-state index >= 15 is 4.79 Å². The number of aryl methyl sites for hydroxylation is 1. The summed E-state index contributed by atoms with van der Waals surface area (Å²) in [6.07, 6.45) is 17.4. The Morgan fingerprint density at radius 2 is 1.69 bits per heavy atom. The predicted octanol–water partition coefficient (Wildman–Crippen LogP) is 8.66. The normalized spacial score (nSPS) is 30.4. The number of unbranched alkanes of at least 4 members (excludes halogenated alkanes) is 4. The monoisotopic (exact) mass is 1060 g/mol. The number of nitrogens with zero attached hydrogens (tertiary/aromatic N) is 1. The number of phosphoric ester groups is 1. The number of ether oxygens (including phenoxy) is 4. The summed E-state index contributed by atoms with van der Waals surface area (Å²) in [6, 6.07) is 15.3. The van der Waals surface area contributed by atoms with Crippen molar-refractivity contribution in [3.63, 3.8) is 0 Å². The molecular formula is C59H86N2O13P+. The highest BCUT2D eigenvalue weighted by Gasteiger charge is 2.76. The second kappa shape index (κ2) is 24.6. The quantitative estimate of drug-likeness (QED) is 0.0259. The van der Waals surface area contributed by atoms with Crippen LogP contribution >= 0.6 is 7.82 Å². The van der Waals surface area contributed by atoms with Crippen molar-refractivity contribution >= 4 is 25.4 Å². The molecule has 0 aromatic heterocycles. The van der Waals surface area contributed by atoms with Crippen molar-refractivity contribution in [2.24, 2.45) is 40.4 Å². The molecule has 11 atom stereocenters. The highest BCUT2D eigenvalue weighted by Crippen LogP contribution is 2.70. The second-order valence-electron chi connectivity index (χ2n) is 24.0. The molecule has 8 rings (SSSR count). The first-order valence-corrected chi connectivity index (χ1v) is 29.6. The summed E-state index contributed by atoms with van der Waals surface area (Å²) in [5.74, 6) is -1.65. The maximum atomic E-state index is 15.1. The lowest BCUT2D eigenvalue weighted by molar-refractivity contribution is -0.905. The van der Waals surface area contributed by atoms with Crippen LogP contribution < -0.4 is 9.84 Å². The van der Waals surface area contributed by atoms with Crippen LogP contribution in [0.1, 0.15) is 140 Å². The van der Waals surface area contributed by atoms with E-state index < -0.39 is 67.3 Å². The molecule has 16 heteroatoms. The summed E-state index contributed by atoms with van der Waals surface area (Å²) in [5, 5.41) is 26.8. The average Bonchev–Trinajstić information content (AvgIpc) is 3.87. The number of rotatable bonds is 26. The first-order valence-electron chi connectivity index (χ1n) is 28.1. The number of esters is 1. The molecule has 5 N–H and O–H groups in total. The molecule has 2 aromatic rings. The number of nitrogens with one attached hydrogen (secondary N) is 1. The van der Waals surface area contributed by atoms with Gasteiger partial charge in [0.2, 0.25) is 5.78 Å². The number of carbonyl (C=O) groups excluding carboxylic acids is 3. The number of phosphoric acid groups is 1. The van der Waals surface area contributed by atoms with Crippen molar-refractivity contribution < 1.29 is 66.9 Å². The number of Topliss-reactive ketones (excluding diaryl/α,β-unsaturated/α-hetero) is 1. The average molecular weight is 1060 g/mol. The minimum absolute atomic E-state index is 0.0168. The molecule has 1 unspecified atom stereocenters. The Morgan fingerprint density at radius 1 is 0.960 bits per heavy atom. The molecular weight excluding hydrogens is 976 g/mol. The lowest BCUT2D eigenvalue weighted by Gasteiger charge is -2.59. The van der Waals surface area contributed by atoms with E-state index in [2.05, 4.69) is 43.4 Å². The van der Waals surface area contributed by atoms with Crippen LogP contribution in [-0.2, 0) is 50.9 Å². The van der Waals surface area contributed by atoms with Gasteiger partial charge in [-0.3, -0.25) is 24.2 Å². The van der Waals surface area contributed by atoms with Gasteiger partial charge in [0.1, 0.15) is 18.2 Å². The van der Waals surface area contributed by atoms with Crippen molar-refractivity contribution in [2.45, 2.75) is 160 Å². The van der Waals surface area contributed by atoms with Gasteiger partial charge in [0.15, 0.2) is 24.3 Å². The third kappa shape index (κ3) is 13.3. The number of quaternary nitrogens is 1. The Hall–Kier alpha value is -3.60. The van der Waals surface area contributed by atoms with Gasteiger partial charge in [0.25, 0.3) is 0 Å². The largest absolute Gasteiger partial charge is 0.524 e. The fraction of sp³-hybridized carbons (Fsp3) is 0.678. The number of fused-ring (bicyclic) bond motifs is 7. The molecule has 1 heterocycles. The summed E-state index contributed by atoms with van der Waals surface area (Å²) in [7, 11) is -1.18. The van der Waals surface area contributed by atoms with Gasteiger partial charge < -0.3 is 43.5 Å². The van der Waals surface area contributed by atoms with Gasteiger partial charge in [-0.05, 0) is 131 Å². The second-order valence-corrected chi connectivity index (χ2v) is 25.2. The summed E-state index contributed by atoms with van der Waals surface area (Å²) in [5.41, 5.74) is 0.681. The fourth-order valence-corrected chi connectivity index (χ4v) is 15.0. The first-order chi connectivity index (χ1) is 35.7. The molecule has 0 bridgehead atoms. The fourth-order valence-electron chi connectivity index (χ4n) is 14.5. The Labute approximate surface area is 445 Å². The first kappa shape index (κ1) is 57.6. The molecule has 6 aliphatic rings. The molecule has 1 aliphatic heterocycles. The summed E-state index contributed by atoms with van der Waals surface area (Å²) in [6.45, 7) is 8.37. The number of aliphatic hydroxyl groups is 2. The number of allylic oxidation sites excluding steroid dienone is 4.